The molecule has 1 amide bonds. The minimum atomic E-state index is -2.60. The molecular weight excluding hydrogens is 456 g/mol. The summed E-state index contributed by atoms with van der Waals surface area (Å²) in [6.07, 6.45) is 6.26. The maximum absolute atomic E-state index is 13.4. The molecule has 2 saturated heterocycles. The van der Waals surface area contributed by atoms with Crippen LogP contribution >= 0.6 is 10.6 Å². The number of rotatable bonds is 6. The molecule has 0 bridgehead atoms. The molecule has 5 rings (SSSR count). The Bertz CT molecular complexity index is 1210. The second-order valence-corrected chi connectivity index (χ2v) is 11.4. The Balaban J connectivity index is 1.42. The number of hydrogen-bond donors (Lipinski definition) is 3. The number of nitrogens with one attached hydrogen (secondary N) is 1. The third-order valence-corrected chi connectivity index (χ3v) is 9.21. The van der Waals surface area contributed by atoms with Gasteiger partial charge in [-0.2, -0.15) is 10.6 Å². The Labute approximate surface area is 199 Å². The lowest BCUT2D eigenvalue weighted by atomic mass is 10.1. The maximum atomic E-state index is 13.4. The molecule has 0 saturated carbocycles. The summed E-state index contributed by atoms with van der Waals surface area (Å²) in [6.45, 7) is 7.40. The summed E-state index contributed by atoms with van der Waals surface area (Å²) >= 11 is 0. The fourth-order valence-corrected chi connectivity index (χ4v) is 7.21. The molecule has 0 aliphatic carbocycles. The van der Waals surface area contributed by atoms with Gasteiger partial charge >= 0.3 is 0 Å². The summed E-state index contributed by atoms with van der Waals surface area (Å²) in [5.74, 6) is 2.43. The third-order valence-electron chi connectivity index (χ3n) is 6.87. The molecule has 3 aromatic heterocycles. The highest BCUT2D eigenvalue weighted by atomic mass is 32.3. The largest absolute Gasteiger partial charge is 0.356 e. The monoisotopic (exact) mass is 486 g/mol. The minimum absolute atomic E-state index is 0.0547. The van der Waals surface area contributed by atoms with Crippen LogP contribution in [0.2, 0.25) is 0 Å². The number of carbonyl (C=O) groups is 1. The maximum Gasteiger partial charge on any atom is 0.245 e. The molecule has 11 nitrogen and oxygen atoms in total. The zero-order valence-electron chi connectivity index (χ0n) is 19.5. The molecule has 34 heavy (non-hydrogen) atoms. The van der Waals surface area contributed by atoms with E-state index in [0.717, 1.165) is 12.0 Å². The van der Waals surface area contributed by atoms with E-state index in [1.165, 1.54) is 6.33 Å². The van der Waals surface area contributed by atoms with Crippen LogP contribution in [0.4, 0.5) is 5.82 Å². The Hall–Kier alpha value is -2.83. The van der Waals surface area contributed by atoms with Crippen molar-refractivity contribution in [3.63, 3.8) is 0 Å². The van der Waals surface area contributed by atoms with Crippen LogP contribution in [0.5, 0.6) is 0 Å². The standard InChI is InChI=1S/C22H30N8O3S/c1-4-16(22(31)29-10-14-6-7-34(32,33)17(14)11-29)27-19-18-21(26-12-25-19)30(5-2)20(28-18)15-8-23-13(3)24-9-15/h8-9,12,14,16-17,32-33H,4-7,10-11H2,1-3H3,(H,25,26,27)/t14-,16+,17+/m1/s1. The smallest absolute Gasteiger partial charge is 0.245 e. The Morgan fingerprint density at radius 3 is 2.65 bits per heavy atom. The van der Waals surface area contributed by atoms with E-state index in [1.54, 1.807) is 17.3 Å². The number of likely N-dealkylation sites (tertiary alicyclic amines) is 1. The summed E-state index contributed by atoms with van der Waals surface area (Å²) in [5.41, 5.74) is 2.03. The number of aryl methyl sites for hydroxylation is 2. The fourth-order valence-electron chi connectivity index (χ4n) is 5.00. The first kappa shape index (κ1) is 22.9. The normalized spacial score (nSPS) is 23.1. The fraction of sp³-hybridized carbons (Fsp3) is 0.545. The first-order valence-corrected chi connectivity index (χ1v) is 13.4. The highest BCUT2D eigenvalue weighted by Crippen LogP contribution is 2.57. The Morgan fingerprint density at radius 1 is 1.21 bits per heavy atom. The minimum Gasteiger partial charge on any atom is -0.356 e. The number of fused-ring (bicyclic) bond motifs is 2. The van der Waals surface area contributed by atoms with E-state index in [2.05, 4.69) is 25.3 Å². The van der Waals surface area contributed by atoms with E-state index >= 15 is 0 Å². The molecule has 2 aliphatic heterocycles. The van der Waals surface area contributed by atoms with Crippen LogP contribution in [-0.2, 0) is 11.3 Å². The van der Waals surface area contributed by atoms with Crippen molar-refractivity contribution in [3.05, 3.63) is 24.5 Å². The number of imidazole rings is 1. The van der Waals surface area contributed by atoms with Gasteiger partial charge in [0.15, 0.2) is 17.0 Å². The highest BCUT2D eigenvalue weighted by Gasteiger charge is 2.48. The average Bonchev–Trinajstić information content (AvgIpc) is 3.50. The van der Waals surface area contributed by atoms with Crippen molar-refractivity contribution in [2.75, 3.05) is 24.2 Å². The molecule has 3 atom stereocenters. The van der Waals surface area contributed by atoms with E-state index < -0.39 is 16.6 Å². The van der Waals surface area contributed by atoms with Crippen LogP contribution < -0.4 is 5.32 Å². The van der Waals surface area contributed by atoms with Crippen LogP contribution in [-0.4, -0.2) is 79.5 Å². The van der Waals surface area contributed by atoms with Crippen molar-refractivity contribution in [1.29, 1.82) is 0 Å². The number of nitrogens with zero attached hydrogens (tertiary/aromatic N) is 7. The molecule has 0 aromatic carbocycles. The van der Waals surface area contributed by atoms with Crippen molar-refractivity contribution < 1.29 is 13.9 Å². The Morgan fingerprint density at radius 2 is 1.97 bits per heavy atom. The number of amides is 1. The molecule has 5 heterocycles. The summed E-state index contributed by atoms with van der Waals surface area (Å²) in [4.78, 5) is 37.4. The van der Waals surface area contributed by atoms with Crippen molar-refractivity contribution in [2.24, 2.45) is 5.92 Å². The molecule has 0 unspecified atom stereocenters. The molecule has 2 aliphatic rings. The second-order valence-electron chi connectivity index (χ2n) is 8.95. The van der Waals surface area contributed by atoms with Crippen molar-refractivity contribution >= 4 is 33.5 Å². The Kier molecular flexibility index (Phi) is 5.90. The van der Waals surface area contributed by atoms with E-state index in [1.807, 2.05) is 25.3 Å². The number of hydrogen-bond acceptors (Lipinski definition) is 9. The lowest BCUT2D eigenvalue weighted by Crippen LogP contribution is -2.42. The SMILES string of the molecule is CC[C@H](Nc1ncnc2c1nc(-c1cnc(C)nc1)n2CC)C(=O)N1C[C@H]2CCS(O)(O)[C@H]2C1. The predicted molar refractivity (Wildman–Crippen MR) is 131 cm³/mol. The van der Waals surface area contributed by atoms with E-state index in [9.17, 15) is 13.9 Å². The van der Waals surface area contributed by atoms with Gasteiger partial charge in [0.1, 0.15) is 24.0 Å². The van der Waals surface area contributed by atoms with Gasteiger partial charge in [-0.3, -0.25) is 13.9 Å². The molecular formula is C22H30N8O3S. The molecule has 3 aromatic rings. The van der Waals surface area contributed by atoms with Gasteiger partial charge in [-0.15, -0.1) is 0 Å². The summed E-state index contributed by atoms with van der Waals surface area (Å²) in [6, 6.07) is -0.503. The zero-order chi connectivity index (χ0) is 24.0. The molecule has 0 spiro atoms. The quantitative estimate of drug-likeness (QED) is 0.479. The topological polar surface area (TPSA) is 142 Å². The molecule has 12 heteroatoms. The summed E-state index contributed by atoms with van der Waals surface area (Å²) < 4.78 is 22.6. The molecule has 3 N–H and O–H groups in total. The first-order chi connectivity index (χ1) is 16.3. The summed E-state index contributed by atoms with van der Waals surface area (Å²) in [7, 11) is -2.60. The van der Waals surface area contributed by atoms with Crippen LogP contribution in [0.15, 0.2) is 18.7 Å². The van der Waals surface area contributed by atoms with Crippen molar-refractivity contribution in [3.8, 4) is 11.4 Å². The average molecular weight is 487 g/mol. The molecule has 0 radical (unpaired) electrons. The van der Waals surface area contributed by atoms with Gasteiger partial charge in [0, 0.05) is 37.8 Å². The van der Waals surface area contributed by atoms with E-state index in [0.29, 0.717) is 60.4 Å². The number of aromatic nitrogens is 6. The van der Waals surface area contributed by atoms with Crippen LogP contribution in [0.3, 0.4) is 0 Å². The lowest BCUT2D eigenvalue weighted by Gasteiger charge is -2.34. The van der Waals surface area contributed by atoms with Gasteiger partial charge in [-0.25, -0.2) is 24.9 Å². The van der Waals surface area contributed by atoms with Crippen LogP contribution in [0.25, 0.3) is 22.6 Å². The predicted octanol–water partition coefficient (Wildman–Crippen LogP) is 2.78. The third kappa shape index (κ3) is 3.89. The lowest BCUT2D eigenvalue weighted by molar-refractivity contribution is -0.131. The van der Waals surface area contributed by atoms with Crippen molar-refractivity contribution in [1.82, 2.24) is 34.4 Å². The van der Waals surface area contributed by atoms with Gasteiger partial charge in [0.05, 0.1) is 10.8 Å². The van der Waals surface area contributed by atoms with E-state index in [4.69, 9.17) is 4.98 Å². The highest BCUT2D eigenvalue weighted by molar-refractivity contribution is 8.25. The van der Waals surface area contributed by atoms with Crippen LogP contribution in [0, 0.1) is 12.8 Å². The summed E-state index contributed by atoms with van der Waals surface area (Å²) in [5, 5.41) is 3.08. The van der Waals surface area contributed by atoms with Gasteiger partial charge < -0.3 is 14.8 Å². The van der Waals surface area contributed by atoms with Crippen molar-refractivity contribution in [2.45, 2.75) is 51.4 Å². The molecule has 2 fully saturated rings. The number of carbonyl (C=O) groups excluding carboxylic acids is 1. The second kappa shape index (κ2) is 8.75. The van der Waals surface area contributed by atoms with Gasteiger partial charge in [0.2, 0.25) is 5.91 Å². The van der Waals surface area contributed by atoms with Gasteiger partial charge in [0.25, 0.3) is 0 Å². The van der Waals surface area contributed by atoms with E-state index in [-0.39, 0.29) is 17.1 Å². The van der Waals surface area contributed by atoms with Gasteiger partial charge in [-0.05, 0) is 32.6 Å². The van der Waals surface area contributed by atoms with Gasteiger partial charge in [-0.1, -0.05) is 6.92 Å². The molecule has 182 valence electrons. The zero-order valence-corrected chi connectivity index (χ0v) is 20.4. The first-order valence-electron chi connectivity index (χ1n) is 11.6. The number of anilines is 1. The van der Waals surface area contributed by atoms with Crippen LogP contribution in [0.1, 0.15) is 32.5 Å².